The maximum atomic E-state index is 12.8. The van der Waals surface area contributed by atoms with Crippen molar-refractivity contribution in [1.29, 1.82) is 0 Å². The molecule has 0 spiro atoms. The lowest BCUT2D eigenvalue weighted by Gasteiger charge is -2.12. The average molecular weight is 550 g/mol. The van der Waals surface area contributed by atoms with Crippen LogP contribution < -0.4 is 4.74 Å². The predicted molar refractivity (Wildman–Crippen MR) is 153 cm³/mol. The molecule has 4 aromatic rings. The molecule has 1 fully saturated rings. The van der Waals surface area contributed by atoms with Gasteiger partial charge in [-0.05, 0) is 64.4 Å². The van der Waals surface area contributed by atoms with Gasteiger partial charge in [0.2, 0.25) is 0 Å². The molecule has 7 nitrogen and oxygen atoms in total. The van der Waals surface area contributed by atoms with Gasteiger partial charge in [0.05, 0.1) is 17.0 Å². The van der Waals surface area contributed by atoms with E-state index in [2.05, 4.69) is 0 Å². The first kappa shape index (κ1) is 26.6. The number of thioether (sulfide) groups is 1. The van der Waals surface area contributed by atoms with E-state index in [1.165, 1.54) is 12.1 Å². The van der Waals surface area contributed by atoms with E-state index in [4.69, 9.17) is 9.84 Å². The number of amides is 2. The summed E-state index contributed by atoms with van der Waals surface area (Å²) in [5.41, 5.74) is 4.15. The van der Waals surface area contributed by atoms with Crippen LogP contribution in [0.3, 0.4) is 0 Å². The van der Waals surface area contributed by atoms with Crippen LogP contribution in [0.25, 0.3) is 17.2 Å². The first-order valence-electron chi connectivity index (χ1n) is 12.4. The number of nitrogens with zero attached hydrogens (tertiary/aromatic N) is 1. The monoisotopic (exact) mass is 549 g/mol. The summed E-state index contributed by atoms with van der Waals surface area (Å²) in [6.07, 6.45) is 1.63. The minimum atomic E-state index is -1.04. The molecule has 198 valence electrons. The summed E-state index contributed by atoms with van der Waals surface area (Å²) >= 11 is 0.848. The number of carbonyl (C=O) groups is 4. The number of aromatic carboxylic acids is 1. The molecule has 4 aromatic carbocycles. The Labute approximate surface area is 234 Å². The number of imide groups is 1. The number of hydrogen-bond acceptors (Lipinski definition) is 6. The van der Waals surface area contributed by atoms with E-state index in [9.17, 15) is 19.2 Å². The van der Waals surface area contributed by atoms with Crippen molar-refractivity contribution >= 4 is 40.7 Å². The quantitative estimate of drug-likeness (QED) is 0.187. The van der Waals surface area contributed by atoms with Gasteiger partial charge < -0.3 is 9.84 Å². The Morgan fingerprint density at radius 1 is 0.775 bits per heavy atom. The van der Waals surface area contributed by atoms with Gasteiger partial charge in [0.15, 0.2) is 12.4 Å². The second kappa shape index (κ2) is 11.8. The van der Waals surface area contributed by atoms with E-state index >= 15 is 0 Å². The van der Waals surface area contributed by atoms with Crippen LogP contribution in [0.5, 0.6) is 5.75 Å². The summed E-state index contributed by atoms with van der Waals surface area (Å²) in [4.78, 5) is 50.3. The summed E-state index contributed by atoms with van der Waals surface area (Å²) in [6, 6.07) is 30.2. The SMILES string of the molecule is O=C(O)c1ccc(CN2C(=O)S/C(=C\c3ccc(OCC(=O)c4ccc(-c5ccccc5)cc4)cc3)C2=O)cc1. The summed E-state index contributed by atoms with van der Waals surface area (Å²) < 4.78 is 5.67. The first-order valence-corrected chi connectivity index (χ1v) is 13.2. The van der Waals surface area contributed by atoms with E-state index in [-0.39, 0.29) is 29.4 Å². The van der Waals surface area contributed by atoms with E-state index in [0.717, 1.165) is 27.8 Å². The number of hydrogen-bond donors (Lipinski definition) is 1. The van der Waals surface area contributed by atoms with Gasteiger partial charge in [-0.2, -0.15) is 0 Å². The summed E-state index contributed by atoms with van der Waals surface area (Å²) in [5.74, 6) is -1.10. The fourth-order valence-electron chi connectivity index (χ4n) is 4.09. The van der Waals surface area contributed by atoms with E-state index in [0.29, 0.717) is 22.4 Å². The molecule has 0 unspecified atom stereocenters. The summed E-state index contributed by atoms with van der Waals surface area (Å²) in [7, 11) is 0. The molecule has 0 radical (unpaired) electrons. The van der Waals surface area contributed by atoms with Crippen LogP contribution in [-0.2, 0) is 11.3 Å². The first-order chi connectivity index (χ1) is 19.4. The Balaban J connectivity index is 1.17. The molecule has 8 heteroatoms. The molecule has 0 atom stereocenters. The van der Waals surface area contributed by atoms with Crippen molar-refractivity contribution in [3.63, 3.8) is 0 Å². The molecule has 0 aromatic heterocycles. The maximum Gasteiger partial charge on any atom is 0.335 e. The van der Waals surface area contributed by atoms with Crippen molar-refractivity contribution in [2.24, 2.45) is 0 Å². The third-order valence-corrected chi connectivity index (χ3v) is 7.18. The Kier molecular flexibility index (Phi) is 7.89. The Morgan fingerprint density at radius 3 is 2.05 bits per heavy atom. The Bertz CT molecular complexity index is 1590. The van der Waals surface area contributed by atoms with Gasteiger partial charge in [-0.15, -0.1) is 0 Å². The van der Waals surface area contributed by atoms with E-state index in [1.54, 1.807) is 54.6 Å². The molecule has 40 heavy (non-hydrogen) atoms. The second-order valence-electron chi connectivity index (χ2n) is 8.99. The number of carbonyl (C=O) groups excluding carboxylic acids is 3. The summed E-state index contributed by atoms with van der Waals surface area (Å²) in [6.45, 7) is -0.0615. The number of Topliss-reactive ketones (excluding diaryl/α,β-unsaturated/α-hetero) is 1. The number of carboxylic acid groups (broad SMARTS) is 1. The molecule has 1 aliphatic heterocycles. The molecule has 0 bridgehead atoms. The lowest BCUT2D eigenvalue weighted by Crippen LogP contribution is -2.27. The van der Waals surface area contributed by atoms with Crippen LogP contribution in [0.2, 0.25) is 0 Å². The maximum absolute atomic E-state index is 12.8. The third kappa shape index (κ3) is 6.19. The topological polar surface area (TPSA) is 101 Å². The molecule has 1 aliphatic rings. The van der Waals surface area contributed by atoms with Crippen LogP contribution in [0.4, 0.5) is 4.79 Å². The Hall–Kier alpha value is -4.95. The minimum absolute atomic E-state index is 0.0533. The minimum Gasteiger partial charge on any atom is -0.485 e. The number of benzene rings is 4. The fraction of sp³-hybridized carbons (Fsp3) is 0.0625. The number of carboxylic acids is 1. The van der Waals surface area contributed by atoms with Crippen molar-refractivity contribution < 1.29 is 29.0 Å². The number of rotatable bonds is 9. The number of ketones is 1. The summed E-state index contributed by atoms with van der Waals surface area (Å²) in [5, 5.41) is 8.63. The zero-order valence-electron chi connectivity index (χ0n) is 21.2. The zero-order valence-corrected chi connectivity index (χ0v) is 22.0. The van der Waals surface area contributed by atoms with Crippen molar-refractivity contribution in [2.45, 2.75) is 6.54 Å². The molecule has 5 rings (SSSR count). The van der Waals surface area contributed by atoms with Crippen LogP contribution in [0, 0.1) is 0 Å². The van der Waals surface area contributed by atoms with Gasteiger partial charge in [-0.25, -0.2) is 4.79 Å². The lowest BCUT2D eigenvalue weighted by atomic mass is 10.0. The molecule has 1 N–H and O–H groups in total. The van der Waals surface area contributed by atoms with Crippen LogP contribution >= 0.6 is 11.8 Å². The predicted octanol–water partition coefficient (Wildman–Crippen LogP) is 6.55. The van der Waals surface area contributed by atoms with Gasteiger partial charge in [0.1, 0.15) is 5.75 Å². The Morgan fingerprint density at radius 2 is 1.40 bits per heavy atom. The fourth-order valence-corrected chi connectivity index (χ4v) is 4.93. The molecular formula is C32H23NO6S. The molecule has 1 saturated heterocycles. The molecule has 1 heterocycles. The third-order valence-electron chi connectivity index (χ3n) is 6.28. The van der Waals surface area contributed by atoms with Crippen LogP contribution in [0.15, 0.2) is 108 Å². The van der Waals surface area contributed by atoms with Crippen molar-refractivity contribution in [1.82, 2.24) is 4.90 Å². The van der Waals surface area contributed by atoms with Crippen LogP contribution in [0.1, 0.15) is 31.8 Å². The zero-order chi connectivity index (χ0) is 28.1. The molecule has 0 saturated carbocycles. The smallest absolute Gasteiger partial charge is 0.335 e. The van der Waals surface area contributed by atoms with Gasteiger partial charge in [0.25, 0.3) is 11.1 Å². The van der Waals surface area contributed by atoms with E-state index in [1.807, 2.05) is 42.5 Å². The number of ether oxygens (including phenoxy) is 1. The molecular weight excluding hydrogens is 526 g/mol. The van der Waals surface area contributed by atoms with Crippen LogP contribution in [-0.4, -0.2) is 39.5 Å². The highest BCUT2D eigenvalue weighted by molar-refractivity contribution is 8.18. The lowest BCUT2D eigenvalue weighted by molar-refractivity contribution is -0.123. The highest BCUT2D eigenvalue weighted by Crippen LogP contribution is 2.33. The normalized spacial score (nSPS) is 14.0. The van der Waals surface area contributed by atoms with Crippen molar-refractivity contribution in [2.75, 3.05) is 6.61 Å². The standard InChI is InChI=1S/C32H23NO6S/c34-28(25-14-12-24(13-15-25)23-4-2-1-3-5-23)20-39-27-16-8-21(9-17-27)18-29-30(35)33(32(38)40-29)19-22-6-10-26(11-7-22)31(36)37/h1-18H,19-20H2,(H,36,37)/b29-18-. The highest BCUT2D eigenvalue weighted by Gasteiger charge is 2.35. The average Bonchev–Trinajstić information content (AvgIpc) is 3.24. The van der Waals surface area contributed by atoms with Gasteiger partial charge in [0, 0.05) is 5.56 Å². The van der Waals surface area contributed by atoms with Gasteiger partial charge in [-0.3, -0.25) is 19.3 Å². The molecule has 2 amide bonds. The van der Waals surface area contributed by atoms with Gasteiger partial charge >= 0.3 is 5.97 Å². The van der Waals surface area contributed by atoms with E-state index < -0.39 is 17.1 Å². The van der Waals surface area contributed by atoms with Crippen molar-refractivity contribution in [3.8, 4) is 16.9 Å². The molecule has 0 aliphatic carbocycles. The largest absolute Gasteiger partial charge is 0.485 e. The second-order valence-corrected chi connectivity index (χ2v) is 9.99. The van der Waals surface area contributed by atoms with Gasteiger partial charge in [-0.1, -0.05) is 78.9 Å². The van der Waals surface area contributed by atoms with Crippen molar-refractivity contribution in [3.05, 3.63) is 130 Å². The highest BCUT2D eigenvalue weighted by atomic mass is 32.2.